The van der Waals surface area contributed by atoms with E-state index in [-0.39, 0.29) is 0 Å². The molecule has 0 spiro atoms. The summed E-state index contributed by atoms with van der Waals surface area (Å²) in [6.07, 6.45) is 2.77. The van der Waals surface area contributed by atoms with Crippen LogP contribution in [-0.2, 0) is 0 Å². The molecule has 94 valence electrons. The van der Waals surface area contributed by atoms with E-state index in [1.807, 2.05) is 19.1 Å². The number of hydrogen-bond acceptors (Lipinski definition) is 4. The number of hydrogen-bond donors (Lipinski definition) is 2. The summed E-state index contributed by atoms with van der Waals surface area (Å²) in [6, 6.07) is 3.75. The Morgan fingerprint density at radius 1 is 1.41 bits per heavy atom. The zero-order valence-corrected chi connectivity index (χ0v) is 10.4. The highest BCUT2D eigenvalue weighted by molar-refractivity contribution is 5.42. The number of nitrogens with zero attached hydrogens (tertiary/aromatic N) is 2. The Kier molecular flexibility index (Phi) is 3.35. The van der Waals surface area contributed by atoms with Crippen LogP contribution in [0.2, 0.25) is 0 Å². The third-order valence-corrected chi connectivity index (χ3v) is 3.42. The van der Waals surface area contributed by atoms with Crippen LogP contribution in [0.1, 0.15) is 38.4 Å². The Balaban J connectivity index is 2.10. The fraction of sp³-hybridized carbons (Fsp3) is 0.615. The first-order valence-electron chi connectivity index (χ1n) is 6.09. The average Bonchev–Trinajstić information content (AvgIpc) is 2.29. The van der Waals surface area contributed by atoms with Gasteiger partial charge in [0.1, 0.15) is 5.82 Å². The van der Waals surface area contributed by atoms with E-state index in [0.717, 1.165) is 37.3 Å². The number of anilines is 1. The second-order valence-corrected chi connectivity index (χ2v) is 5.11. The topological polar surface area (TPSA) is 56.6 Å². The summed E-state index contributed by atoms with van der Waals surface area (Å²) >= 11 is 0. The van der Waals surface area contributed by atoms with Crippen molar-refractivity contribution in [3.63, 3.8) is 0 Å². The van der Waals surface area contributed by atoms with E-state index in [1.165, 1.54) is 0 Å². The van der Waals surface area contributed by atoms with E-state index in [0.29, 0.717) is 0 Å². The molecule has 2 rings (SSSR count). The molecule has 17 heavy (non-hydrogen) atoms. The van der Waals surface area contributed by atoms with Crippen molar-refractivity contribution in [2.24, 2.45) is 0 Å². The normalized spacial score (nSPS) is 21.3. The molecule has 1 aromatic rings. The summed E-state index contributed by atoms with van der Waals surface area (Å²) in [6.45, 7) is 5.25. The lowest BCUT2D eigenvalue weighted by Gasteiger charge is -2.36. The minimum absolute atomic E-state index is 0.468. The van der Waals surface area contributed by atoms with Crippen LogP contribution in [-0.4, -0.2) is 33.9 Å². The van der Waals surface area contributed by atoms with Crippen molar-refractivity contribution in [3.8, 4) is 0 Å². The lowest BCUT2D eigenvalue weighted by atomic mass is 9.94. The molecule has 0 radical (unpaired) electrons. The summed E-state index contributed by atoms with van der Waals surface area (Å²) in [5.74, 6) is 0.888. The van der Waals surface area contributed by atoms with Crippen LogP contribution in [0.4, 0.5) is 5.82 Å². The van der Waals surface area contributed by atoms with Gasteiger partial charge in [-0.3, -0.25) is 0 Å². The average molecular weight is 236 g/mol. The van der Waals surface area contributed by atoms with E-state index in [4.69, 9.17) is 0 Å². The first kappa shape index (κ1) is 12.3. The van der Waals surface area contributed by atoms with Crippen LogP contribution in [0, 0.1) is 0 Å². The predicted molar refractivity (Wildman–Crippen MR) is 66.9 cm³/mol. The number of pyridine rings is 1. The van der Waals surface area contributed by atoms with Crippen LogP contribution in [0.25, 0.3) is 0 Å². The van der Waals surface area contributed by atoms with Crippen molar-refractivity contribution < 1.29 is 10.2 Å². The molecule has 1 aliphatic heterocycles. The molecule has 1 atom stereocenters. The molecule has 0 amide bonds. The molecular formula is C13H20N2O2. The first-order chi connectivity index (χ1) is 7.98. The molecule has 4 nitrogen and oxygen atoms in total. The number of aliphatic hydroxyl groups excluding tert-OH is 1. The van der Waals surface area contributed by atoms with E-state index in [2.05, 4.69) is 9.88 Å². The molecular weight excluding hydrogens is 216 g/mol. The van der Waals surface area contributed by atoms with E-state index in [9.17, 15) is 10.2 Å². The van der Waals surface area contributed by atoms with Crippen molar-refractivity contribution in [1.29, 1.82) is 0 Å². The van der Waals surface area contributed by atoms with Crippen molar-refractivity contribution in [2.75, 3.05) is 18.0 Å². The van der Waals surface area contributed by atoms with E-state index in [1.54, 1.807) is 13.1 Å². The Labute approximate surface area is 102 Å². The molecule has 0 saturated carbocycles. The minimum atomic E-state index is -0.543. The Morgan fingerprint density at radius 3 is 2.65 bits per heavy atom. The van der Waals surface area contributed by atoms with Crippen molar-refractivity contribution in [2.45, 2.75) is 38.4 Å². The largest absolute Gasteiger partial charge is 0.390 e. The standard InChI is InChI=1S/C13H20N2O2/c1-10(16)11-3-6-14-12(9-11)15-7-4-13(2,17)5-8-15/h3,6,9-10,16-17H,4-5,7-8H2,1-2H3/t10-/m1/s1. The molecule has 0 bridgehead atoms. The third-order valence-electron chi connectivity index (χ3n) is 3.42. The van der Waals surface area contributed by atoms with E-state index >= 15 is 0 Å². The molecule has 1 aliphatic rings. The molecule has 0 aliphatic carbocycles. The molecule has 1 saturated heterocycles. The fourth-order valence-electron chi connectivity index (χ4n) is 2.08. The molecule has 1 fully saturated rings. The van der Waals surface area contributed by atoms with Gasteiger partial charge in [-0.15, -0.1) is 0 Å². The molecule has 2 heterocycles. The monoisotopic (exact) mass is 236 g/mol. The van der Waals surface area contributed by atoms with E-state index < -0.39 is 11.7 Å². The van der Waals surface area contributed by atoms with Crippen molar-refractivity contribution in [3.05, 3.63) is 23.9 Å². The highest BCUT2D eigenvalue weighted by Gasteiger charge is 2.27. The molecule has 2 N–H and O–H groups in total. The van der Waals surface area contributed by atoms with Gasteiger partial charge >= 0.3 is 0 Å². The Bertz CT molecular complexity index is 381. The maximum Gasteiger partial charge on any atom is 0.128 e. The smallest absolute Gasteiger partial charge is 0.128 e. The summed E-state index contributed by atoms with van der Waals surface area (Å²) in [5, 5.41) is 19.4. The molecule has 4 heteroatoms. The minimum Gasteiger partial charge on any atom is -0.390 e. The molecule has 0 aromatic carbocycles. The van der Waals surface area contributed by atoms with Gasteiger partial charge < -0.3 is 15.1 Å². The highest BCUT2D eigenvalue weighted by atomic mass is 16.3. The number of aliphatic hydroxyl groups is 2. The maximum atomic E-state index is 9.89. The second kappa shape index (κ2) is 4.63. The summed E-state index contributed by atoms with van der Waals surface area (Å²) < 4.78 is 0. The third kappa shape index (κ3) is 2.96. The number of piperidine rings is 1. The fourth-order valence-corrected chi connectivity index (χ4v) is 2.08. The Morgan fingerprint density at radius 2 is 2.06 bits per heavy atom. The van der Waals surface area contributed by atoms with Crippen LogP contribution < -0.4 is 4.90 Å². The van der Waals surface area contributed by atoms with Crippen LogP contribution >= 0.6 is 0 Å². The van der Waals surface area contributed by atoms with Gasteiger partial charge in [0.15, 0.2) is 0 Å². The van der Waals surface area contributed by atoms with Gasteiger partial charge in [0.2, 0.25) is 0 Å². The Hall–Kier alpha value is -1.13. The molecule has 0 unspecified atom stereocenters. The van der Waals surface area contributed by atoms with Gasteiger partial charge in [-0.1, -0.05) is 0 Å². The van der Waals surface area contributed by atoms with Gasteiger partial charge in [0.05, 0.1) is 11.7 Å². The predicted octanol–water partition coefficient (Wildman–Crippen LogP) is 1.49. The summed E-state index contributed by atoms with van der Waals surface area (Å²) in [5.41, 5.74) is 0.339. The van der Waals surface area contributed by atoms with Gasteiger partial charge in [-0.05, 0) is 44.4 Å². The van der Waals surface area contributed by atoms with Gasteiger partial charge in [-0.2, -0.15) is 0 Å². The van der Waals surface area contributed by atoms with Crippen LogP contribution in [0.3, 0.4) is 0 Å². The highest BCUT2D eigenvalue weighted by Crippen LogP contribution is 2.25. The zero-order chi connectivity index (χ0) is 12.5. The van der Waals surface area contributed by atoms with Crippen molar-refractivity contribution in [1.82, 2.24) is 4.98 Å². The van der Waals surface area contributed by atoms with Crippen molar-refractivity contribution >= 4 is 5.82 Å². The van der Waals surface area contributed by atoms with Gasteiger partial charge in [0, 0.05) is 19.3 Å². The number of rotatable bonds is 2. The quantitative estimate of drug-likeness (QED) is 0.816. The second-order valence-electron chi connectivity index (χ2n) is 5.11. The lowest BCUT2D eigenvalue weighted by Crippen LogP contribution is -2.42. The molecule has 1 aromatic heterocycles. The van der Waals surface area contributed by atoms with Crippen LogP contribution in [0.5, 0.6) is 0 Å². The lowest BCUT2D eigenvalue weighted by molar-refractivity contribution is 0.0350. The SMILES string of the molecule is C[C@@H](O)c1ccnc(N2CCC(C)(O)CC2)c1. The van der Waals surface area contributed by atoms with Crippen LogP contribution in [0.15, 0.2) is 18.3 Å². The number of aromatic nitrogens is 1. The summed E-state index contributed by atoms with van der Waals surface area (Å²) in [7, 11) is 0. The van der Waals surface area contributed by atoms with Gasteiger partial charge in [0.25, 0.3) is 0 Å². The zero-order valence-electron chi connectivity index (χ0n) is 10.4. The summed E-state index contributed by atoms with van der Waals surface area (Å²) in [4.78, 5) is 6.48. The van der Waals surface area contributed by atoms with Gasteiger partial charge in [-0.25, -0.2) is 4.98 Å². The maximum absolute atomic E-state index is 9.89. The first-order valence-corrected chi connectivity index (χ1v) is 6.09.